The number of nitrogens with zero attached hydrogens (tertiary/aromatic N) is 2. The number of anilines is 2. The van der Waals surface area contributed by atoms with E-state index in [0.717, 1.165) is 4.90 Å². The number of nitrogen functional groups attached to an aromatic ring is 1. The molecule has 1 fully saturated rings. The Bertz CT molecular complexity index is 774. The molecule has 0 aromatic heterocycles. The van der Waals surface area contributed by atoms with Crippen LogP contribution in [0.1, 0.15) is 33.1 Å². The van der Waals surface area contributed by atoms with Crippen molar-refractivity contribution in [2.24, 2.45) is 0 Å². The van der Waals surface area contributed by atoms with E-state index in [0.29, 0.717) is 11.4 Å². The van der Waals surface area contributed by atoms with Gasteiger partial charge in [0.15, 0.2) is 0 Å². The van der Waals surface area contributed by atoms with Crippen LogP contribution in [0, 0.1) is 0 Å². The van der Waals surface area contributed by atoms with Crippen LogP contribution in [0.4, 0.5) is 24.5 Å². The molecule has 10 heteroatoms. The fourth-order valence-electron chi connectivity index (χ4n) is 3.43. The minimum Gasteiger partial charge on any atom is -0.466 e. The number of benzene rings is 1. The quantitative estimate of drug-likeness (QED) is 0.453. The summed E-state index contributed by atoms with van der Waals surface area (Å²) in [5.41, 5.74) is 5.75. The summed E-state index contributed by atoms with van der Waals surface area (Å²) < 4.78 is 43.0. The van der Waals surface area contributed by atoms with Gasteiger partial charge in [0.2, 0.25) is 5.91 Å². The summed E-state index contributed by atoms with van der Waals surface area (Å²) in [6.07, 6.45) is -5.28. The molecular weight excluding hydrogens is 391 g/mol. The van der Waals surface area contributed by atoms with Crippen molar-refractivity contribution < 1.29 is 32.3 Å². The number of alkyl halides is 3. The smallest absolute Gasteiger partial charge is 0.466 e. The number of halogens is 3. The number of hydrogen-bond acceptors (Lipinski definition) is 5. The zero-order chi connectivity index (χ0) is 21.8. The standard InChI is InChI=1S/C19H24F3N3O4/c1-3-29-16(27)12-15(26)25(14-7-5-4-6-13(14)23)18(2)8-10-24(11-9-18)17(28)19(20,21)22/h4-7H,3,8-12,23H2,1-2H3. The van der Waals surface area contributed by atoms with Gasteiger partial charge in [0.1, 0.15) is 6.42 Å². The summed E-state index contributed by atoms with van der Waals surface area (Å²) >= 11 is 0. The fraction of sp³-hybridized carbons (Fsp3) is 0.526. The van der Waals surface area contributed by atoms with E-state index < -0.39 is 35.9 Å². The van der Waals surface area contributed by atoms with Crippen LogP contribution in [0.25, 0.3) is 0 Å². The van der Waals surface area contributed by atoms with Gasteiger partial charge in [-0.25, -0.2) is 0 Å². The molecule has 0 aliphatic carbocycles. The van der Waals surface area contributed by atoms with E-state index in [1.165, 1.54) is 4.90 Å². The maximum Gasteiger partial charge on any atom is 0.471 e. The molecule has 0 spiro atoms. The molecule has 2 amide bonds. The Labute approximate surface area is 166 Å². The third-order valence-electron chi connectivity index (χ3n) is 4.94. The molecule has 160 valence electrons. The highest BCUT2D eigenvalue weighted by Gasteiger charge is 2.47. The van der Waals surface area contributed by atoms with E-state index in [1.807, 2.05) is 0 Å². The van der Waals surface area contributed by atoms with Crippen molar-refractivity contribution >= 4 is 29.2 Å². The first-order valence-corrected chi connectivity index (χ1v) is 9.19. The molecule has 1 aromatic carbocycles. The Morgan fingerprint density at radius 3 is 2.31 bits per heavy atom. The van der Waals surface area contributed by atoms with Gasteiger partial charge in [0.25, 0.3) is 0 Å². The second kappa shape index (κ2) is 8.71. The van der Waals surface area contributed by atoms with Gasteiger partial charge in [0.05, 0.1) is 18.0 Å². The van der Waals surface area contributed by atoms with Gasteiger partial charge in [-0.05, 0) is 38.8 Å². The molecular formula is C19H24F3N3O4. The molecule has 7 nitrogen and oxygen atoms in total. The Balaban J connectivity index is 2.29. The molecule has 2 rings (SSSR count). The summed E-state index contributed by atoms with van der Waals surface area (Å²) in [6.45, 7) is 3.09. The minimum absolute atomic E-state index is 0.0950. The molecule has 1 heterocycles. The number of hydrogen-bond donors (Lipinski definition) is 1. The van der Waals surface area contributed by atoms with Gasteiger partial charge in [-0.2, -0.15) is 13.2 Å². The SMILES string of the molecule is CCOC(=O)CC(=O)N(c1ccccc1N)C1(C)CCN(C(=O)C(F)(F)F)CC1. The van der Waals surface area contributed by atoms with Crippen molar-refractivity contribution in [3.63, 3.8) is 0 Å². The Hall–Kier alpha value is -2.78. The first kappa shape index (κ1) is 22.5. The van der Waals surface area contributed by atoms with Crippen LogP contribution in [0.5, 0.6) is 0 Å². The van der Waals surface area contributed by atoms with Crippen LogP contribution in [-0.2, 0) is 19.1 Å². The van der Waals surface area contributed by atoms with E-state index >= 15 is 0 Å². The molecule has 1 saturated heterocycles. The second-order valence-corrected chi connectivity index (χ2v) is 7.06. The molecule has 0 saturated carbocycles. The second-order valence-electron chi connectivity index (χ2n) is 7.06. The molecule has 0 atom stereocenters. The van der Waals surface area contributed by atoms with Crippen molar-refractivity contribution in [3.8, 4) is 0 Å². The zero-order valence-electron chi connectivity index (χ0n) is 16.3. The lowest BCUT2D eigenvalue weighted by Crippen LogP contribution is -2.58. The van der Waals surface area contributed by atoms with E-state index in [9.17, 15) is 27.6 Å². The van der Waals surface area contributed by atoms with Gasteiger partial charge in [0, 0.05) is 18.6 Å². The Morgan fingerprint density at radius 2 is 1.79 bits per heavy atom. The van der Waals surface area contributed by atoms with Crippen molar-refractivity contribution in [2.45, 2.75) is 44.8 Å². The summed E-state index contributed by atoms with van der Waals surface area (Å²) in [5.74, 6) is -3.17. The molecule has 0 radical (unpaired) electrons. The average molecular weight is 415 g/mol. The molecule has 1 aliphatic rings. The number of carbonyl (C=O) groups is 3. The van der Waals surface area contributed by atoms with Gasteiger partial charge in [-0.1, -0.05) is 12.1 Å². The summed E-state index contributed by atoms with van der Waals surface area (Å²) in [6, 6.07) is 6.55. The van der Waals surface area contributed by atoms with Gasteiger partial charge < -0.3 is 20.3 Å². The number of amides is 2. The van der Waals surface area contributed by atoms with E-state index in [1.54, 1.807) is 38.1 Å². The van der Waals surface area contributed by atoms with Crippen molar-refractivity contribution in [1.29, 1.82) is 0 Å². The Kier molecular flexibility index (Phi) is 6.76. The van der Waals surface area contributed by atoms with Crippen LogP contribution < -0.4 is 10.6 Å². The number of piperidine rings is 1. The van der Waals surface area contributed by atoms with E-state index in [2.05, 4.69) is 0 Å². The van der Waals surface area contributed by atoms with Crippen LogP contribution in [0.3, 0.4) is 0 Å². The molecule has 0 bridgehead atoms. The largest absolute Gasteiger partial charge is 0.471 e. The van der Waals surface area contributed by atoms with Crippen LogP contribution in [-0.4, -0.2) is 54.1 Å². The summed E-state index contributed by atoms with van der Waals surface area (Å²) in [5, 5.41) is 0. The topological polar surface area (TPSA) is 92.9 Å². The van der Waals surface area contributed by atoms with Gasteiger partial charge in [-0.15, -0.1) is 0 Å². The normalized spacial score (nSPS) is 16.2. The fourth-order valence-corrected chi connectivity index (χ4v) is 3.43. The number of nitrogens with two attached hydrogens (primary N) is 1. The highest BCUT2D eigenvalue weighted by molar-refractivity contribution is 6.05. The number of esters is 1. The van der Waals surface area contributed by atoms with Crippen LogP contribution in [0.2, 0.25) is 0 Å². The third kappa shape index (κ3) is 5.18. The summed E-state index contributed by atoms with van der Waals surface area (Å²) in [7, 11) is 0. The lowest BCUT2D eigenvalue weighted by Gasteiger charge is -2.47. The van der Waals surface area contributed by atoms with E-state index in [-0.39, 0.29) is 32.5 Å². The van der Waals surface area contributed by atoms with Crippen LogP contribution in [0.15, 0.2) is 24.3 Å². The number of rotatable bonds is 5. The predicted molar refractivity (Wildman–Crippen MR) is 99.9 cm³/mol. The van der Waals surface area contributed by atoms with E-state index in [4.69, 9.17) is 10.5 Å². The summed E-state index contributed by atoms with van der Waals surface area (Å²) in [4.78, 5) is 38.4. The first-order chi connectivity index (χ1) is 13.5. The predicted octanol–water partition coefficient (Wildman–Crippen LogP) is 2.50. The zero-order valence-corrected chi connectivity index (χ0v) is 16.3. The molecule has 1 aliphatic heterocycles. The Morgan fingerprint density at radius 1 is 1.21 bits per heavy atom. The third-order valence-corrected chi connectivity index (χ3v) is 4.94. The molecule has 2 N–H and O–H groups in total. The monoisotopic (exact) mass is 415 g/mol. The maximum absolute atomic E-state index is 13.0. The minimum atomic E-state index is -4.95. The van der Waals surface area contributed by atoms with Crippen molar-refractivity contribution in [2.75, 3.05) is 30.3 Å². The van der Waals surface area contributed by atoms with Gasteiger partial charge in [-0.3, -0.25) is 14.4 Å². The van der Waals surface area contributed by atoms with Crippen LogP contribution >= 0.6 is 0 Å². The maximum atomic E-state index is 13.0. The van der Waals surface area contributed by atoms with Crippen molar-refractivity contribution in [1.82, 2.24) is 4.90 Å². The van der Waals surface area contributed by atoms with Crippen molar-refractivity contribution in [3.05, 3.63) is 24.3 Å². The highest BCUT2D eigenvalue weighted by Crippen LogP contribution is 2.37. The molecule has 29 heavy (non-hydrogen) atoms. The van der Waals surface area contributed by atoms with Gasteiger partial charge >= 0.3 is 18.1 Å². The number of likely N-dealkylation sites (tertiary alicyclic amines) is 1. The highest BCUT2D eigenvalue weighted by atomic mass is 19.4. The number of para-hydroxylation sites is 2. The molecule has 0 unspecified atom stereocenters. The molecule has 1 aromatic rings. The first-order valence-electron chi connectivity index (χ1n) is 9.19. The lowest BCUT2D eigenvalue weighted by molar-refractivity contribution is -0.186. The number of ether oxygens (including phenoxy) is 1. The number of carbonyl (C=O) groups excluding carboxylic acids is 3. The average Bonchev–Trinajstić information content (AvgIpc) is 2.63. The lowest BCUT2D eigenvalue weighted by atomic mass is 9.86.